The molecule has 0 amide bonds. The van der Waals surface area contributed by atoms with E-state index in [0.717, 1.165) is 33.5 Å². The van der Waals surface area contributed by atoms with Crippen LogP contribution in [0.15, 0.2) is 55.1 Å². The van der Waals surface area contributed by atoms with Gasteiger partial charge < -0.3 is 9.30 Å². The van der Waals surface area contributed by atoms with E-state index in [1.807, 2.05) is 62.4 Å². The summed E-state index contributed by atoms with van der Waals surface area (Å²) in [7, 11) is 1.65. The van der Waals surface area contributed by atoms with Crippen LogP contribution < -0.4 is 4.74 Å². The van der Waals surface area contributed by atoms with Gasteiger partial charge in [-0.25, -0.2) is 0 Å². The van der Waals surface area contributed by atoms with Gasteiger partial charge in [0.2, 0.25) is 0 Å². The van der Waals surface area contributed by atoms with Crippen LogP contribution in [-0.4, -0.2) is 17.5 Å². The molecule has 0 saturated carbocycles. The van der Waals surface area contributed by atoms with Crippen molar-refractivity contribution in [3.05, 3.63) is 77.5 Å². The highest BCUT2D eigenvalue weighted by Crippen LogP contribution is 2.31. The number of aryl methyl sites for hydroxylation is 1. The van der Waals surface area contributed by atoms with E-state index in [1.54, 1.807) is 7.11 Å². The Kier molecular flexibility index (Phi) is 4.26. The molecule has 0 unspecified atom stereocenters. The average Bonchev–Trinajstić information content (AvgIpc) is 2.86. The third-order valence-electron chi connectivity index (χ3n) is 4.38. The summed E-state index contributed by atoms with van der Waals surface area (Å²) >= 11 is 0. The van der Waals surface area contributed by atoms with Gasteiger partial charge in [-0.3, -0.25) is 4.79 Å². The SMILES string of the molecule is C=CCn1c(C)c(C(=O)c2ccc(C)cc2)c2ccc(OC)cc21. The molecule has 0 aliphatic rings. The number of ether oxygens (including phenoxy) is 1. The van der Waals surface area contributed by atoms with Crippen LogP contribution in [0, 0.1) is 13.8 Å². The Balaban J connectivity index is 2.23. The maximum Gasteiger partial charge on any atom is 0.195 e. The predicted octanol–water partition coefficient (Wildman–Crippen LogP) is 4.68. The molecule has 3 aromatic rings. The Morgan fingerprint density at radius 1 is 1.17 bits per heavy atom. The molecule has 0 spiro atoms. The number of methoxy groups -OCH3 is 1. The number of carbonyl (C=O) groups excluding carboxylic acids is 1. The van der Waals surface area contributed by atoms with Crippen molar-refractivity contribution in [2.24, 2.45) is 0 Å². The second-order valence-electron chi connectivity index (χ2n) is 5.94. The van der Waals surface area contributed by atoms with Crippen molar-refractivity contribution in [3.63, 3.8) is 0 Å². The molecule has 0 bridgehead atoms. The first-order valence-electron chi connectivity index (χ1n) is 7.96. The topological polar surface area (TPSA) is 31.2 Å². The number of carbonyl (C=O) groups is 1. The van der Waals surface area contributed by atoms with Gasteiger partial charge in [-0.1, -0.05) is 35.9 Å². The summed E-state index contributed by atoms with van der Waals surface area (Å²) in [6, 6.07) is 13.5. The highest BCUT2D eigenvalue weighted by Gasteiger charge is 2.21. The van der Waals surface area contributed by atoms with E-state index in [0.29, 0.717) is 12.1 Å². The second kappa shape index (κ2) is 6.36. The average molecular weight is 319 g/mol. The van der Waals surface area contributed by atoms with E-state index in [2.05, 4.69) is 11.1 Å². The first-order valence-corrected chi connectivity index (χ1v) is 7.96. The van der Waals surface area contributed by atoms with Gasteiger partial charge in [0.05, 0.1) is 18.2 Å². The molecule has 3 rings (SSSR count). The van der Waals surface area contributed by atoms with E-state index in [1.165, 1.54) is 0 Å². The molecular weight excluding hydrogens is 298 g/mol. The van der Waals surface area contributed by atoms with Crippen LogP contribution >= 0.6 is 0 Å². The molecule has 0 saturated heterocycles. The molecule has 0 N–H and O–H groups in total. The molecule has 0 fully saturated rings. The van der Waals surface area contributed by atoms with Crippen molar-refractivity contribution in [3.8, 4) is 5.75 Å². The third-order valence-corrected chi connectivity index (χ3v) is 4.38. The lowest BCUT2D eigenvalue weighted by molar-refractivity contribution is 0.103. The van der Waals surface area contributed by atoms with Crippen molar-refractivity contribution < 1.29 is 9.53 Å². The molecule has 1 heterocycles. The standard InChI is InChI=1S/C21H21NO2/c1-5-12-22-15(3)20(18-11-10-17(24-4)13-19(18)22)21(23)16-8-6-14(2)7-9-16/h5-11,13H,1,12H2,2-4H3. The lowest BCUT2D eigenvalue weighted by atomic mass is 9.99. The van der Waals surface area contributed by atoms with E-state index < -0.39 is 0 Å². The summed E-state index contributed by atoms with van der Waals surface area (Å²) in [4.78, 5) is 13.1. The van der Waals surface area contributed by atoms with Crippen molar-refractivity contribution in [1.82, 2.24) is 4.57 Å². The van der Waals surface area contributed by atoms with Gasteiger partial charge in [0, 0.05) is 29.3 Å². The smallest absolute Gasteiger partial charge is 0.195 e. The normalized spacial score (nSPS) is 10.8. The van der Waals surface area contributed by atoms with Crippen LogP contribution in [0.1, 0.15) is 27.2 Å². The summed E-state index contributed by atoms with van der Waals surface area (Å²) in [6.07, 6.45) is 1.84. The summed E-state index contributed by atoms with van der Waals surface area (Å²) in [5, 5.41) is 0.945. The fourth-order valence-electron chi connectivity index (χ4n) is 3.08. The number of allylic oxidation sites excluding steroid dienone is 1. The largest absolute Gasteiger partial charge is 0.497 e. The minimum atomic E-state index is 0.0467. The molecule has 3 heteroatoms. The Morgan fingerprint density at radius 2 is 1.88 bits per heavy atom. The predicted molar refractivity (Wildman–Crippen MR) is 98.0 cm³/mol. The molecule has 24 heavy (non-hydrogen) atoms. The highest BCUT2D eigenvalue weighted by molar-refractivity contribution is 6.17. The molecule has 0 atom stereocenters. The van der Waals surface area contributed by atoms with Crippen LogP contribution in [-0.2, 0) is 6.54 Å². The minimum Gasteiger partial charge on any atom is -0.497 e. The van der Waals surface area contributed by atoms with Crippen molar-refractivity contribution in [1.29, 1.82) is 0 Å². The molecule has 2 aromatic carbocycles. The second-order valence-corrected chi connectivity index (χ2v) is 5.94. The van der Waals surface area contributed by atoms with Gasteiger partial charge in [-0.15, -0.1) is 6.58 Å². The third kappa shape index (κ3) is 2.62. The molecule has 0 radical (unpaired) electrons. The fourth-order valence-corrected chi connectivity index (χ4v) is 3.08. The zero-order chi connectivity index (χ0) is 17.3. The van der Waals surface area contributed by atoms with Gasteiger partial charge in [0.1, 0.15) is 5.75 Å². The number of rotatable bonds is 5. The van der Waals surface area contributed by atoms with Crippen molar-refractivity contribution in [2.45, 2.75) is 20.4 Å². The number of hydrogen-bond acceptors (Lipinski definition) is 2. The Bertz CT molecular complexity index is 917. The van der Waals surface area contributed by atoms with Gasteiger partial charge in [0.15, 0.2) is 5.78 Å². The Labute approximate surface area is 142 Å². The number of ketones is 1. The summed E-state index contributed by atoms with van der Waals surface area (Å²) in [5.74, 6) is 0.824. The van der Waals surface area contributed by atoms with Crippen LogP contribution in [0.2, 0.25) is 0 Å². The van der Waals surface area contributed by atoms with Gasteiger partial charge in [0.25, 0.3) is 0 Å². The lowest BCUT2D eigenvalue weighted by Crippen LogP contribution is -2.05. The first-order chi connectivity index (χ1) is 11.6. The van der Waals surface area contributed by atoms with E-state index in [4.69, 9.17) is 4.74 Å². The molecule has 122 valence electrons. The first kappa shape index (κ1) is 16.1. The lowest BCUT2D eigenvalue weighted by Gasteiger charge is -2.06. The van der Waals surface area contributed by atoms with Crippen molar-refractivity contribution >= 4 is 16.7 Å². The maximum absolute atomic E-state index is 13.1. The maximum atomic E-state index is 13.1. The summed E-state index contributed by atoms with van der Waals surface area (Å²) in [6.45, 7) is 8.48. The van der Waals surface area contributed by atoms with Gasteiger partial charge in [-0.05, 0) is 26.0 Å². The molecule has 3 nitrogen and oxygen atoms in total. The molecule has 0 aliphatic heterocycles. The minimum absolute atomic E-state index is 0.0467. The fraction of sp³-hybridized carbons (Fsp3) is 0.190. The number of aromatic nitrogens is 1. The van der Waals surface area contributed by atoms with Crippen molar-refractivity contribution in [2.75, 3.05) is 7.11 Å². The molecule has 1 aromatic heterocycles. The Morgan fingerprint density at radius 3 is 2.50 bits per heavy atom. The molecular formula is C21H21NO2. The Hall–Kier alpha value is -2.81. The van der Waals surface area contributed by atoms with Gasteiger partial charge >= 0.3 is 0 Å². The number of benzene rings is 2. The number of fused-ring (bicyclic) bond motifs is 1. The van der Waals surface area contributed by atoms with Gasteiger partial charge in [-0.2, -0.15) is 0 Å². The highest BCUT2D eigenvalue weighted by atomic mass is 16.5. The van der Waals surface area contributed by atoms with Crippen LogP contribution in [0.4, 0.5) is 0 Å². The zero-order valence-corrected chi connectivity index (χ0v) is 14.3. The van der Waals surface area contributed by atoms with E-state index in [-0.39, 0.29) is 5.78 Å². The number of nitrogens with zero attached hydrogens (tertiary/aromatic N) is 1. The van der Waals surface area contributed by atoms with E-state index in [9.17, 15) is 4.79 Å². The van der Waals surface area contributed by atoms with E-state index >= 15 is 0 Å². The summed E-state index contributed by atoms with van der Waals surface area (Å²) in [5.41, 5.74) is 4.53. The summed E-state index contributed by atoms with van der Waals surface area (Å²) < 4.78 is 7.44. The number of hydrogen-bond donors (Lipinski definition) is 0. The van der Waals surface area contributed by atoms with Crippen LogP contribution in [0.3, 0.4) is 0 Å². The van der Waals surface area contributed by atoms with Crippen LogP contribution in [0.5, 0.6) is 5.75 Å². The van der Waals surface area contributed by atoms with Crippen LogP contribution in [0.25, 0.3) is 10.9 Å². The molecule has 0 aliphatic carbocycles. The quantitative estimate of drug-likeness (QED) is 0.505. The monoisotopic (exact) mass is 319 g/mol. The zero-order valence-electron chi connectivity index (χ0n) is 14.3.